The van der Waals surface area contributed by atoms with Crippen LogP contribution in [0.2, 0.25) is 0 Å². The van der Waals surface area contributed by atoms with E-state index in [1.807, 2.05) is 11.0 Å². The Hall–Kier alpha value is -1.69. The van der Waals surface area contributed by atoms with Crippen LogP contribution in [0.1, 0.15) is 13.3 Å². The SMILES string of the molecule is CC(=O)NCCN1CCN(C(=O)C2C=CN=CC2)CC1. The summed E-state index contributed by atoms with van der Waals surface area (Å²) in [6, 6.07) is 0. The molecule has 0 radical (unpaired) electrons. The van der Waals surface area contributed by atoms with E-state index in [0.29, 0.717) is 13.0 Å². The Bertz CT molecular complexity index is 411. The van der Waals surface area contributed by atoms with Crippen LogP contribution in [0.15, 0.2) is 17.3 Å². The predicted molar refractivity (Wildman–Crippen MR) is 77.4 cm³/mol. The van der Waals surface area contributed by atoms with Crippen LogP contribution < -0.4 is 5.32 Å². The van der Waals surface area contributed by atoms with E-state index in [2.05, 4.69) is 15.2 Å². The molecule has 110 valence electrons. The summed E-state index contributed by atoms with van der Waals surface area (Å²) in [5.41, 5.74) is 0. The van der Waals surface area contributed by atoms with Gasteiger partial charge in [0.15, 0.2) is 0 Å². The molecular formula is C14H22N4O2. The molecule has 2 amide bonds. The normalized spacial score (nSPS) is 22.9. The van der Waals surface area contributed by atoms with Crippen LogP contribution >= 0.6 is 0 Å². The van der Waals surface area contributed by atoms with Gasteiger partial charge in [0.2, 0.25) is 11.8 Å². The van der Waals surface area contributed by atoms with E-state index < -0.39 is 0 Å². The first-order valence-corrected chi connectivity index (χ1v) is 7.10. The van der Waals surface area contributed by atoms with Gasteiger partial charge in [0, 0.05) is 58.6 Å². The number of rotatable bonds is 4. The maximum atomic E-state index is 12.3. The van der Waals surface area contributed by atoms with Crippen molar-refractivity contribution in [3.05, 3.63) is 12.3 Å². The molecule has 1 atom stereocenters. The summed E-state index contributed by atoms with van der Waals surface area (Å²) in [6.07, 6.45) is 6.09. The van der Waals surface area contributed by atoms with Gasteiger partial charge in [-0.15, -0.1) is 0 Å². The van der Waals surface area contributed by atoms with E-state index in [4.69, 9.17) is 0 Å². The first kappa shape index (κ1) is 14.7. The number of hydrogen-bond acceptors (Lipinski definition) is 4. The third kappa shape index (κ3) is 4.16. The minimum absolute atomic E-state index is 0.00423. The van der Waals surface area contributed by atoms with Crippen molar-refractivity contribution in [2.24, 2.45) is 10.9 Å². The Morgan fingerprint density at radius 1 is 1.30 bits per heavy atom. The average Bonchev–Trinajstić information content (AvgIpc) is 2.48. The number of amides is 2. The zero-order valence-electron chi connectivity index (χ0n) is 11.9. The molecule has 0 spiro atoms. The van der Waals surface area contributed by atoms with Gasteiger partial charge in [-0.05, 0) is 6.42 Å². The van der Waals surface area contributed by atoms with E-state index in [1.165, 1.54) is 6.92 Å². The first-order valence-electron chi connectivity index (χ1n) is 7.10. The average molecular weight is 278 g/mol. The molecule has 0 aromatic heterocycles. The molecule has 0 saturated carbocycles. The Labute approximate surface area is 119 Å². The van der Waals surface area contributed by atoms with Crippen LogP contribution in [0, 0.1) is 5.92 Å². The van der Waals surface area contributed by atoms with E-state index in [0.717, 1.165) is 32.7 Å². The molecular weight excluding hydrogens is 256 g/mol. The molecule has 0 bridgehead atoms. The van der Waals surface area contributed by atoms with E-state index in [-0.39, 0.29) is 17.7 Å². The first-order chi connectivity index (χ1) is 9.66. The lowest BCUT2D eigenvalue weighted by atomic mass is 10.0. The molecule has 1 saturated heterocycles. The maximum absolute atomic E-state index is 12.3. The number of carbonyl (C=O) groups excluding carboxylic acids is 2. The van der Waals surface area contributed by atoms with Crippen molar-refractivity contribution in [1.82, 2.24) is 15.1 Å². The zero-order valence-corrected chi connectivity index (χ0v) is 11.9. The van der Waals surface area contributed by atoms with Crippen molar-refractivity contribution in [3.63, 3.8) is 0 Å². The summed E-state index contributed by atoms with van der Waals surface area (Å²) in [7, 11) is 0. The van der Waals surface area contributed by atoms with Crippen molar-refractivity contribution < 1.29 is 9.59 Å². The number of nitrogens with one attached hydrogen (secondary N) is 1. The molecule has 2 aliphatic rings. The second-order valence-electron chi connectivity index (χ2n) is 5.17. The minimum atomic E-state index is -0.0431. The largest absolute Gasteiger partial charge is 0.355 e. The van der Waals surface area contributed by atoms with Crippen molar-refractivity contribution in [2.45, 2.75) is 13.3 Å². The second-order valence-corrected chi connectivity index (χ2v) is 5.17. The lowest BCUT2D eigenvalue weighted by Crippen LogP contribution is -2.51. The van der Waals surface area contributed by atoms with Gasteiger partial charge in [-0.25, -0.2) is 0 Å². The topological polar surface area (TPSA) is 65.0 Å². The molecule has 0 aromatic rings. The summed E-state index contributed by atoms with van der Waals surface area (Å²) < 4.78 is 0. The zero-order chi connectivity index (χ0) is 14.4. The third-order valence-electron chi connectivity index (χ3n) is 3.67. The summed E-state index contributed by atoms with van der Waals surface area (Å²) >= 11 is 0. The van der Waals surface area contributed by atoms with Gasteiger partial charge < -0.3 is 10.2 Å². The minimum Gasteiger partial charge on any atom is -0.355 e. The van der Waals surface area contributed by atoms with Crippen LogP contribution in [-0.2, 0) is 9.59 Å². The number of nitrogens with zero attached hydrogens (tertiary/aromatic N) is 3. The number of carbonyl (C=O) groups is 2. The molecule has 2 heterocycles. The third-order valence-corrected chi connectivity index (χ3v) is 3.67. The molecule has 1 N–H and O–H groups in total. The number of piperazine rings is 1. The fraction of sp³-hybridized carbons (Fsp3) is 0.643. The highest BCUT2D eigenvalue weighted by molar-refractivity contribution is 5.84. The van der Waals surface area contributed by atoms with Gasteiger partial charge in [0.05, 0.1) is 5.92 Å². The molecule has 0 aromatic carbocycles. The number of aliphatic imine (C=N–C) groups is 1. The lowest BCUT2D eigenvalue weighted by Gasteiger charge is -2.36. The monoisotopic (exact) mass is 278 g/mol. The van der Waals surface area contributed by atoms with Gasteiger partial charge >= 0.3 is 0 Å². The summed E-state index contributed by atoms with van der Waals surface area (Å²) in [4.78, 5) is 31.3. The number of hydrogen-bond donors (Lipinski definition) is 1. The standard InChI is InChI=1S/C14H22N4O2/c1-12(19)16-6-7-17-8-10-18(11-9-17)14(20)13-2-4-15-5-3-13/h2,4-5,13H,3,6-11H2,1H3,(H,16,19). The Morgan fingerprint density at radius 3 is 2.65 bits per heavy atom. The van der Waals surface area contributed by atoms with Crippen LogP contribution in [0.4, 0.5) is 0 Å². The van der Waals surface area contributed by atoms with Crippen molar-refractivity contribution in [1.29, 1.82) is 0 Å². The Balaban J connectivity index is 1.71. The van der Waals surface area contributed by atoms with E-state index in [1.54, 1.807) is 12.4 Å². The van der Waals surface area contributed by atoms with Gasteiger partial charge in [-0.2, -0.15) is 0 Å². The lowest BCUT2D eigenvalue weighted by molar-refractivity contribution is -0.135. The van der Waals surface area contributed by atoms with Gasteiger partial charge in [-0.1, -0.05) is 6.08 Å². The van der Waals surface area contributed by atoms with Crippen molar-refractivity contribution in [3.8, 4) is 0 Å². The predicted octanol–water partition coefficient (Wildman–Crippen LogP) is -0.129. The van der Waals surface area contributed by atoms with Gasteiger partial charge in [0.25, 0.3) is 0 Å². The molecule has 0 aliphatic carbocycles. The Kier molecular flexibility index (Phi) is 5.29. The molecule has 2 rings (SSSR count). The molecule has 2 aliphatic heterocycles. The van der Waals surface area contributed by atoms with Crippen LogP contribution in [-0.4, -0.2) is 67.1 Å². The van der Waals surface area contributed by atoms with E-state index in [9.17, 15) is 9.59 Å². The quantitative estimate of drug-likeness (QED) is 0.779. The highest BCUT2D eigenvalue weighted by Gasteiger charge is 2.25. The van der Waals surface area contributed by atoms with Crippen molar-refractivity contribution in [2.75, 3.05) is 39.3 Å². The Morgan fingerprint density at radius 2 is 2.05 bits per heavy atom. The fourth-order valence-corrected chi connectivity index (χ4v) is 2.47. The molecule has 1 unspecified atom stereocenters. The highest BCUT2D eigenvalue weighted by atomic mass is 16.2. The second kappa shape index (κ2) is 7.19. The highest BCUT2D eigenvalue weighted by Crippen LogP contribution is 2.14. The van der Waals surface area contributed by atoms with Crippen molar-refractivity contribution >= 4 is 18.0 Å². The summed E-state index contributed by atoms with van der Waals surface area (Å²) in [5.74, 6) is 0.164. The van der Waals surface area contributed by atoms with Gasteiger partial charge in [0.1, 0.15) is 0 Å². The van der Waals surface area contributed by atoms with Crippen LogP contribution in [0.25, 0.3) is 0 Å². The van der Waals surface area contributed by atoms with Crippen LogP contribution in [0.3, 0.4) is 0 Å². The van der Waals surface area contributed by atoms with Crippen LogP contribution in [0.5, 0.6) is 0 Å². The summed E-state index contributed by atoms with van der Waals surface area (Å²) in [5, 5.41) is 2.79. The maximum Gasteiger partial charge on any atom is 0.230 e. The smallest absolute Gasteiger partial charge is 0.230 e. The molecule has 1 fully saturated rings. The molecule has 20 heavy (non-hydrogen) atoms. The molecule has 6 nitrogen and oxygen atoms in total. The summed E-state index contributed by atoms with van der Waals surface area (Å²) in [6.45, 7) is 6.31. The molecule has 6 heteroatoms. The fourth-order valence-electron chi connectivity index (χ4n) is 2.47. The van der Waals surface area contributed by atoms with E-state index >= 15 is 0 Å². The van der Waals surface area contributed by atoms with Gasteiger partial charge in [-0.3, -0.25) is 19.5 Å².